The first-order valence-electron chi connectivity index (χ1n) is 4.59. The van der Waals surface area contributed by atoms with Crippen LogP contribution in [0.3, 0.4) is 0 Å². The molecule has 0 atom stereocenters. The first kappa shape index (κ1) is 11.4. The Morgan fingerprint density at radius 2 is 2.07 bits per heavy atom. The van der Waals surface area contributed by atoms with E-state index < -0.39 is 10.0 Å². The lowest BCUT2D eigenvalue weighted by Gasteiger charge is -2.30. The standard InChI is InChI=1S/C8H15N3O2S/c1-14(12,13)11-6-2-8(3-7-11)10-5-4-9/h8,10H,2-3,5-7H2,1H3. The molecule has 0 spiro atoms. The highest BCUT2D eigenvalue weighted by Gasteiger charge is 2.24. The van der Waals surface area contributed by atoms with E-state index in [4.69, 9.17) is 5.26 Å². The molecule has 0 amide bonds. The zero-order valence-corrected chi connectivity index (χ0v) is 9.05. The van der Waals surface area contributed by atoms with Crippen LogP contribution < -0.4 is 5.32 Å². The maximum absolute atomic E-state index is 11.2. The summed E-state index contributed by atoms with van der Waals surface area (Å²) in [6, 6.07) is 2.30. The molecule has 0 unspecified atom stereocenters. The van der Waals surface area contributed by atoms with Crippen molar-refractivity contribution in [2.75, 3.05) is 25.9 Å². The first-order chi connectivity index (χ1) is 6.54. The molecule has 1 aliphatic heterocycles. The Morgan fingerprint density at radius 1 is 1.50 bits per heavy atom. The van der Waals surface area contributed by atoms with E-state index >= 15 is 0 Å². The van der Waals surface area contributed by atoms with Crippen molar-refractivity contribution in [1.29, 1.82) is 5.26 Å². The summed E-state index contributed by atoms with van der Waals surface area (Å²) < 4.78 is 23.8. The second kappa shape index (κ2) is 4.73. The van der Waals surface area contributed by atoms with Crippen LogP contribution in [-0.4, -0.2) is 44.7 Å². The summed E-state index contributed by atoms with van der Waals surface area (Å²) in [6.07, 6.45) is 2.81. The fraction of sp³-hybridized carbons (Fsp3) is 0.875. The number of nitrogens with zero attached hydrogens (tertiary/aromatic N) is 2. The maximum Gasteiger partial charge on any atom is 0.211 e. The van der Waals surface area contributed by atoms with Crippen molar-refractivity contribution in [3.63, 3.8) is 0 Å². The van der Waals surface area contributed by atoms with Crippen molar-refractivity contribution in [3.05, 3.63) is 0 Å². The molecule has 0 aromatic heterocycles. The van der Waals surface area contributed by atoms with E-state index in [-0.39, 0.29) is 6.04 Å². The van der Waals surface area contributed by atoms with Gasteiger partial charge in [0.2, 0.25) is 10.0 Å². The van der Waals surface area contributed by atoms with Crippen molar-refractivity contribution in [3.8, 4) is 6.07 Å². The van der Waals surface area contributed by atoms with Gasteiger partial charge in [0.25, 0.3) is 0 Å². The lowest BCUT2D eigenvalue weighted by atomic mass is 10.1. The Balaban J connectivity index is 2.36. The van der Waals surface area contributed by atoms with E-state index in [1.54, 1.807) is 0 Å². The molecule has 1 N–H and O–H groups in total. The molecule has 0 aromatic rings. The van der Waals surface area contributed by atoms with Crippen molar-refractivity contribution in [2.45, 2.75) is 18.9 Å². The highest BCUT2D eigenvalue weighted by atomic mass is 32.2. The van der Waals surface area contributed by atoms with Gasteiger partial charge in [-0.3, -0.25) is 0 Å². The molecule has 1 heterocycles. The average molecular weight is 217 g/mol. The predicted molar refractivity (Wildman–Crippen MR) is 53.1 cm³/mol. The van der Waals surface area contributed by atoms with Crippen LogP contribution in [0, 0.1) is 11.3 Å². The summed E-state index contributed by atoms with van der Waals surface area (Å²) in [5.41, 5.74) is 0. The summed E-state index contributed by atoms with van der Waals surface area (Å²) >= 11 is 0. The molecule has 1 fully saturated rings. The van der Waals surface area contributed by atoms with Gasteiger partial charge in [0, 0.05) is 19.1 Å². The average Bonchev–Trinajstić information content (AvgIpc) is 2.14. The van der Waals surface area contributed by atoms with Crippen molar-refractivity contribution in [1.82, 2.24) is 9.62 Å². The summed E-state index contributed by atoms with van der Waals surface area (Å²) in [7, 11) is -3.03. The third-order valence-corrected chi connectivity index (χ3v) is 3.70. The van der Waals surface area contributed by atoms with E-state index in [0.717, 1.165) is 12.8 Å². The number of piperidine rings is 1. The number of sulfonamides is 1. The highest BCUT2D eigenvalue weighted by Crippen LogP contribution is 2.12. The van der Waals surface area contributed by atoms with Crippen molar-refractivity contribution in [2.24, 2.45) is 0 Å². The van der Waals surface area contributed by atoms with Gasteiger partial charge in [0.15, 0.2) is 0 Å². The summed E-state index contributed by atoms with van der Waals surface area (Å²) in [4.78, 5) is 0. The lowest BCUT2D eigenvalue weighted by molar-refractivity contribution is 0.296. The molecule has 6 heteroatoms. The number of rotatable bonds is 3. The molecule has 1 saturated heterocycles. The third-order valence-electron chi connectivity index (χ3n) is 2.39. The first-order valence-corrected chi connectivity index (χ1v) is 6.44. The van der Waals surface area contributed by atoms with E-state index in [2.05, 4.69) is 5.32 Å². The van der Waals surface area contributed by atoms with Gasteiger partial charge in [-0.05, 0) is 12.8 Å². The predicted octanol–water partition coefficient (Wildman–Crippen LogP) is -0.476. The Bertz CT molecular complexity index is 312. The van der Waals surface area contributed by atoms with E-state index in [9.17, 15) is 8.42 Å². The van der Waals surface area contributed by atoms with Gasteiger partial charge in [-0.15, -0.1) is 0 Å². The number of nitriles is 1. The second-order valence-electron chi connectivity index (χ2n) is 3.48. The normalized spacial score (nSPS) is 20.6. The SMILES string of the molecule is CS(=O)(=O)N1CCC(NCC#N)CC1. The van der Waals surface area contributed by atoms with Gasteiger partial charge in [-0.1, -0.05) is 0 Å². The number of hydrogen-bond acceptors (Lipinski definition) is 4. The topological polar surface area (TPSA) is 73.2 Å². The molecule has 0 radical (unpaired) electrons. The Morgan fingerprint density at radius 3 is 2.50 bits per heavy atom. The number of hydrogen-bond donors (Lipinski definition) is 1. The third kappa shape index (κ3) is 3.25. The van der Waals surface area contributed by atoms with Gasteiger partial charge < -0.3 is 5.32 Å². The zero-order valence-electron chi connectivity index (χ0n) is 8.23. The maximum atomic E-state index is 11.2. The molecule has 1 aliphatic rings. The molecule has 80 valence electrons. The van der Waals surface area contributed by atoms with Gasteiger partial charge in [-0.2, -0.15) is 5.26 Å². The minimum atomic E-state index is -3.03. The minimum Gasteiger partial charge on any atom is -0.302 e. The molecule has 14 heavy (non-hydrogen) atoms. The van der Waals surface area contributed by atoms with Crippen molar-refractivity contribution < 1.29 is 8.42 Å². The van der Waals surface area contributed by atoms with Crippen LogP contribution in [0.5, 0.6) is 0 Å². The molecule has 1 rings (SSSR count). The minimum absolute atomic E-state index is 0.285. The van der Waals surface area contributed by atoms with E-state index in [0.29, 0.717) is 19.6 Å². The molecule has 0 bridgehead atoms. The van der Waals surface area contributed by atoms with Crippen LogP contribution in [0.25, 0.3) is 0 Å². The van der Waals surface area contributed by atoms with Crippen molar-refractivity contribution >= 4 is 10.0 Å². The highest BCUT2D eigenvalue weighted by molar-refractivity contribution is 7.88. The van der Waals surface area contributed by atoms with Gasteiger partial charge in [-0.25, -0.2) is 12.7 Å². The van der Waals surface area contributed by atoms with Gasteiger partial charge >= 0.3 is 0 Å². The van der Waals surface area contributed by atoms with Crippen LogP contribution in [-0.2, 0) is 10.0 Å². The fourth-order valence-electron chi connectivity index (χ4n) is 1.58. The molecule has 0 aromatic carbocycles. The van der Waals surface area contributed by atoms with Gasteiger partial charge in [0.05, 0.1) is 18.9 Å². The number of nitrogens with one attached hydrogen (secondary N) is 1. The Labute approximate surface area is 84.8 Å². The molecule has 5 nitrogen and oxygen atoms in total. The van der Waals surface area contributed by atoms with Gasteiger partial charge in [0.1, 0.15) is 0 Å². The Kier molecular flexibility index (Phi) is 3.86. The molecule has 0 saturated carbocycles. The quantitative estimate of drug-likeness (QED) is 0.648. The molecule has 0 aliphatic carbocycles. The smallest absolute Gasteiger partial charge is 0.211 e. The molecular formula is C8H15N3O2S. The lowest BCUT2D eigenvalue weighted by Crippen LogP contribution is -2.44. The largest absolute Gasteiger partial charge is 0.302 e. The summed E-state index contributed by atoms with van der Waals surface area (Å²) in [6.45, 7) is 1.45. The summed E-state index contributed by atoms with van der Waals surface area (Å²) in [5.74, 6) is 0. The summed E-state index contributed by atoms with van der Waals surface area (Å²) in [5, 5.41) is 11.4. The van der Waals surface area contributed by atoms with Crippen LogP contribution >= 0.6 is 0 Å². The monoisotopic (exact) mass is 217 g/mol. The zero-order chi connectivity index (χ0) is 10.6. The van der Waals surface area contributed by atoms with Crippen LogP contribution in [0.4, 0.5) is 0 Å². The van der Waals surface area contributed by atoms with E-state index in [1.165, 1.54) is 10.6 Å². The second-order valence-corrected chi connectivity index (χ2v) is 5.46. The Hall–Kier alpha value is -0.640. The van der Waals surface area contributed by atoms with Crippen LogP contribution in [0.1, 0.15) is 12.8 Å². The van der Waals surface area contributed by atoms with E-state index in [1.807, 2.05) is 6.07 Å². The van der Waals surface area contributed by atoms with Crippen LogP contribution in [0.2, 0.25) is 0 Å². The fourth-order valence-corrected chi connectivity index (χ4v) is 2.46. The molecular weight excluding hydrogens is 202 g/mol. The van der Waals surface area contributed by atoms with Crippen LogP contribution in [0.15, 0.2) is 0 Å².